The van der Waals surface area contributed by atoms with E-state index < -0.39 is 5.54 Å². The second kappa shape index (κ2) is 8.02. The van der Waals surface area contributed by atoms with Gasteiger partial charge < -0.3 is 5.32 Å². The minimum absolute atomic E-state index is 0.0325. The first kappa shape index (κ1) is 18.1. The predicted octanol–water partition coefficient (Wildman–Crippen LogP) is 4.27. The molecule has 0 radical (unpaired) electrons. The van der Waals surface area contributed by atoms with E-state index in [1.807, 2.05) is 32.0 Å². The Morgan fingerprint density at radius 1 is 0.875 bits per heavy atom. The van der Waals surface area contributed by atoms with E-state index >= 15 is 0 Å². The highest BCUT2D eigenvalue weighted by atomic mass is 16.1. The van der Waals surface area contributed by atoms with Crippen molar-refractivity contribution in [3.63, 3.8) is 0 Å². The van der Waals surface area contributed by atoms with Gasteiger partial charge in [0.05, 0.1) is 5.54 Å². The van der Waals surface area contributed by atoms with Crippen LogP contribution in [0.3, 0.4) is 0 Å². The average Bonchev–Trinajstić information content (AvgIpc) is 2.61. The summed E-state index contributed by atoms with van der Waals surface area (Å²) in [5.41, 5.74) is 1.25. The molecular weight excluding hydrogens is 298 g/mol. The summed E-state index contributed by atoms with van der Waals surface area (Å²) in [6.45, 7) is 6.74. The molecule has 0 heterocycles. The van der Waals surface area contributed by atoms with E-state index in [1.54, 1.807) is 36.4 Å². The second-order valence-electron chi connectivity index (χ2n) is 6.51. The number of benzene rings is 2. The van der Waals surface area contributed by atoms with Crippen molar-refractivity contribution in [3.05, 3.63) is 71.3 Å². The summed E-state index contributed by atoms with van der Waals surface area (Å²) in [4.78, 5) is 25.1. The fourth-order valence-electron chi connectivity index (χ4n) is 2.55. The first-order valence-corrected chi connectivity index (χ1v) is 8.45. The van der Waals surface area contributed by atoms with Crippen molar-refractivity contribution < 1.29 is 9.59 Å². The van der Waals surface area contributed by atoms with Crippen LogP contribution in [-0.4, -0.2) is 23.7 Å². The molecule has 2 aromatic carbocycles. The zero-order valence-electron chi connectivity index (χ0n) is 14.6. The van der Waals surface area contributed by atoms with Crippen molar-refractivity contribution in [2.45, 2.75) is 39.2 Å². The van der Waals surface area contributed by atoms with E-state index in [0.717, 1.165) is 19.4 Å². The topological polar surface area (TPSA) is 46.2 Å². The van der Waals surface area contributed by atoms with Gasteiger partial charge in [0.15, 0.2) is 11.6 Å². The molecule has 0 aliphatic carbocycles. The standard InChI is InChI=1S/C21H25NO2/c1-4-5-15-22-21(2,3)20(24)18-13-11-17(12-14-18)19(23)16-9-7-6-8-10-16/h6-14,22H,4-5,15H2,1-3H3. The Morgan fingerprint density at radius 2 is 1.42 bits per heavy atom. The number of hydrogen-bond donors (Lipinski definition) is 1. The number of rotatable bonds is 8. The number of Topliss-reactive ketones (excluding diaryl/α,β-unsaturated/α-hetero) is 1. The summed E-state index contributed by atoms with van der Waals surface area (Å²) >= 11 is 0. The van der Waals surface area contributed by atoms with Gasteiger partial charge in [-0.3, -0.25) is 9.59 Å². The summed E-state index contributed by atoms with van der Waals surface area (Å²) < 4.78 is 0. The van der Waals surface area contributed by atoms with Crippen LogP contribution in [0.25, 0.3) is 0 Å². The molecule has 0 aliphatic rings. The largest absolute Gasteiger partial charge is 0.305 e. The molecule has 3 heteroatoms. The second-order valence-corrected chi connectivity index (χ2v) is 6.51. The Morgan fingerprint density at radius 3 is 2.00 bits per heavy atom. The SMILES string of the molecule is CCCCNC(C)(C)C(=O)c1ccc(C(=O)c2ccccc2)cc1. The molecule has 0 amide bonds. The third-order valence-corrected chi connectivity index (χ3v) is 4.11. The summed E-state index contributed by atoms with van der Waals surface area (Å²) in [5, 5.41) is 3.30. The number of hydrogen-bond acceptors (Lipinski definition) is 3. The van der Waals surface area contributed by atoms with Crippen LogP contribution >= 0.6 is 0 Å². The smallest absolute Gasteiger partial charge is 0.193 e. The maximum atomic E-state index is 12.7. The predicted molar refractivity (Wildman–Crippen MR) is 97.6 cm³/mol. The van der Waals surface area contributed by atoms with E-state index in [9.17, 15) is 9.59 Å². The Labute approximate surface area is 144 Å². The minimum Gasteiger partial charge on any atom is -0.305 e. The van der Waals surface area contributed by atoms with Crippen molar-refractivity contribution in [2.24, 2.45) is 0 Å². The highest BCUT2D eigenvalue weighted by Gasteiger charge is 2.27. The number of carbonyl (C=O) groups excluding carboxylic acids is 2. The Bertz CT molecular complexity index is 688. The molecule has 0 spiro atoms. The lowest BCUT2D eigenvalue weighted by atomic mass is 9.91. The Kier molecular flexibility index (Phi) is 6.04. The van der Waals surface area contributed by atoms with Crippen LogP contribution in [0.15, 0.2) is 54.6 Å². The summed E-state index contributed by atoms with van der Waals surface area (Å²) in [6.07, 6.45) is 2.13. The van der Waals surface area contributed by atoms with Crippen LogP contribution in [0.5, 0.6) is 0 Å². The van der Waals surface area contributed by atoms with Crippen LogP contribution in [0.1, 0.15) is 59.9 Å². The lowest BCUT2D eigenvalue weighted by Gasteiger charge is -2.25. The van der Waals surface area contributed by atoms with Crippen LogP contribution in [-0.2, 0) is 0 Å². The number of carbonyl (C=O) groups is 2. The van der Waals surface area contributed by atoms with E-state index in [0.29, 0.717) is 16.7 Å². The molecule has 0 bridgehead atoms. The zero-order chi connectivity index (χ0) is 17.6. The quantitative estimate of drug-likeness (QED) is 0.583. The molecule has 0 unspecified atom stereocenters. The number of ketones is 2. The van der Waals surface area contributed by atoms with Crippen LogP contribution < -0.4 is 5.32 Å². The zero-order valence-corrected chi connectivity index (χ0v) is 14.6. The van der Waals surface area contributed by atoms with Gasteiger partial charge in [-0.1, -0.05) is 67.9 Å². The Hall–Kier alpha value is -2.26. The molecule has 3 nitrogen and oxygen atoms in total. The van der Waals surface area contributed by atoms with Gasteiger partial charge >= 0.3 is 0 Å². The number of nitrogens with one attached hydrogen (secondary N) is 1. The fraction of sp³-hybridized carbons (Fsp3) is 0.333. The van der Waals surface area contributed by atoms with Gasteiger partial charge in [0.2, 0.25) is 0 Å². The van der Waals surface area contributed by atoms with E-state index in [2.05, 4.69) is 12.2 Å². The third kappa shape index (κ3) is 4.39. The lowest BCUT2D eigenvalue weighted by molar-refractivity contribution is 0.0881. The van der Waals surface area contributed by atoms with Crippen LogP contribution in [0, 0.1) is 0 Å². The maximum Gasteiger partial charge on any atom is 0.193 e. The summed E-state index contributed by atoms with van der Waals surface area (Å²) in [6, 6.07) is 16.1. The first-order valence-electron chi connectivity index (χ1n) is 8.45. The fourth-order valence-corrected chi connectivity index (χ4v) is 2.55. The Balaban J connectivity index is 2.11. The highest BCUT2D eigenvalue weighted by molar-refractivity contribution is 6.10. The van der Waals surface area contributed by atoms with Gasteiger partial charge in [-0.05, 0) is 26.8 Å². The molecule has 2 aromatic rings. The molecule has 0 saturated heterocycles. The first-order chi connectivity index (χ1) is 11.5. The highest BCUT2D eigenvalue weighted by Crippen LogP contribution is 2.16. The third-order valence-electron chi connectivity index (χ3n) is 4.11. The van der Waals surface area contributed by atoms with Crippen molar-refractivity contribution in [1.29, 1.82) is 0 Å². The normalized spacial score (nSPS) is 11.3. The molecule has 24 heavy (non-hydrogen) atoms. The van der Waals surface area contributed by atoms with Gasteiger partial charge in [-0.2, -0.15) is 0 Å². The van der Waals surface area contributed by atoms with Gasteiger partial charge in [0.1, 0.15) is 0 Å². The molecular formula is C21H25NO2. The summed E-state index contributed by atoms with van der Waals surface area (Å²) in [7, 11) is 0. The molecule has 0 fully saturated rings. The van der Waals surface area contributed by atoms with Gasteiger partial charge in [-0.25, -0.2) is 0 Å². The van der Waals surface area contributed by atoms with E-state index in [1.165, 1.54) is 0 Å². The average molecular weight is 323 g/mol. The van der Waals surface area contributed by atoms with Gasteiger partial charge in [0, 0.05) is 16.7 Å². The molecule has 0 aromatic heterocycles. The molecule has 0 saturated carbocycles. The van der Waals surface area contributed by atoms with E-state index in [-0.39, 0.29) is 11.6 Å². The minimum atomic E-state index is -0.611. The monoisotopic (exact) mass is 323 g/mol. The van der Waals surface area contributed by atoms with Gasteiger partial charge in [0.25, 0.3) is 0 Å². The van der Waals surface area contributed by atoms with Crippen LogP contribution in [0.2, 0.25) is 0 Å². The molecule has 1 N–H and O–H groups in total. The van der Waals surface area contributed by atoms with E-state index in [4.69, 9.17) is 0 Å². The molecule has 0 aliphatic heterocycles. The molecule has 0 atom stereocenters. The lowest BCUT2D eigenvalue weighted by Crippen LogP contribution is -2.47. The van der Waals surface area contributed by atoms with Crippen molar-refractivity contribution in [1.82, 2.24) is 5.32 Å². The number of unbranched alkanes of at least 4 members (excludes halogenated alkanes) is 1. The maximum absolute atomic E-state index is 12.7. The molecule has 2 rings (SSSR count). The van der Waals surface area contributed by atoms with Crippen molar-refractivity contribution >= 4 is 11.6 Å². The van der Waals surface area contributed by atoms with Gasteiger partial charge in [-0.15, -0.1) is 0 Å². The van der Waals surface area contributed by atoms with Crippen molar-refractivity contribution in [2.75, 3.05) is 6.54 Å². The summed E-state index contributed by atoms with van der Waals surface area (Å²) in [5.74, 6) is 0.00671. The van der Waals surface area contributed by atoms with Crippen LogP contribution in [0.4, 0.5) is 0 Å². The van der Waals surface area contributed by atoms with Crippen molar-refractivity contribution in [3.8, 4) is 0 Å². The molecule has 126 valence electrons.